The Bertz CT molecular complexity index is 1670. The van der Waals surface area contributed by atoms with E-state index in [1.54, 1.807) is 0 Å². The number of carbonyl (C=O) groups excluding carboxylic acids is 1. The number of fused-ring (bicyclic) bond motifs is 1. The van der Waals surface area contributed by atoms with E-state index >= 15 is 0 Å². The fourth-order valence-electron chi connectivity index (χ4n) is 5.00. The van der Waals surface area contributed by atoms with E-state index in [9.17, 15) is 18.0 Å². The summed E-state index contributed by atoms with van der Waals surface area (Å²) in [5.74, 6) is -0.963. The van der Waals surface area contributed by atoms with E-state index in [0.717, 1.165) is 31.8 Å². The van der Waals surface area contributed by atoms with Gasteiger partial charge in [-0.25, -0.2) is 4.79 Å². The smallest absolute Gasteiger partial charge is 0.484 e. The molecule has 1 aliphatic rings. The molecule has 1 fully saturated rings. The number of carbonyl (C=O) groups is 1. The number of hydrogen-bond donors (Lipinski definition) is 0. The van der Waals surface area contributed by atoms with Crippen LogP contribution in [0.25, 0.3) is 21.5 Å². The number of thiophene rings is 1. The highest BCUT2D eigenvalue weighted by Gasteiger charge is 2.44. The minimum absolute atomic E-state index is 0.0118. The average Bonchev–Trinajstić information content (AvgIpc) is 3.72. The highest BCUT2D eigenvalue weighted by molar-refractivity contribution is 7.13. The van der Waals surface area contributed by atoms with Crippen LogP contribution in [0.15, 0.2) is 88.8 Å². The van der Waals surface area contributed by atoms with Gasteiger partial charge in [0, 0.05) is 12.5 Å². The molecule has 0 N–H and O–H groups in total. The van der Waals surface area contributed by atoms with Crippen molar-refractivity contribution >= 4 is 28.1 Å². The number of aromatic nitrogens is 2. The van der Waals surface area contributed by atoms with E-state index in [2.05, 4.69) is 15.0 Å². The molecule has 1 saturated heterocycles. The Balaban J connectivity index is 1.13. The van der Waals surface area contributed by atoms with Crippen LogP contribution in [-0.4, -0.2) is 46.5 Å². The van der Waals surface area contributed by atoms with E-state index in [1.807, 2.05) is 84.2 Å². The Morgan fingerprint density at radius 1 is 1.00 bits per heavy atom. The molecule has 0 saturated carbocycles. The Morgan fingerprint density at radius 2 is 1.81 bits per heavy atom. The molecule has 2 unspecified atom stereocenters. The third-order valence-electron chi connectivity index (χ3n) is 7.12. The van der Waals surface area contributed by atoms with Crippen molar-refractivity contribution in [1.82, 2.24) is 15.2 Å². The van der Waals surface area contributed by atoms with Gasteiger partial charge in [0.05, 0.1) is 24.1 Å². The Morgan fingerprint density at radius 3 is 2.58 bits per heavy atom. The lowest BCUT2D eigenvalue weighted by Gasteiger charge is -2.37. The van der Waals surface area contributed by atoms with E-state index in [4.69, 9.17) is 14.0 Å². The van der Waals surface area contributed by atoms with Crippen molar-refractivity contribution in [2.24, 2.45) is 0 Å². The molecule has 0 spiro atoms. The summed E-state index contributed by atoms with van der Waals surface area (Å²) in [5.41, 5.74) is 1.85. The number of rotatable bonds is 9. The lowest BCUT2D eigenvalue weighted by Crippen LogP contribution is -2.46. The Hall–Kier alpha value is -4.26. The topological polar surface area (TPSA) is 86.9 Å². The van der Waals surface area contributed by atoms with E-state index in [0.29, 0.717) is 23.9 Å². The zero-order valence-corrected chi connectivity index (χ0v) is 23.5. The van der Waals surface area contributed by atoms with Crippen molar-refractivity contribution in [1.29, 1.82) is 0 Å². The van der Waals surface area contributed by atoms with Crippen LogP contribution in [0, 0.1) is 0 Å². The van der Waals surface area contributed by atoms with Crippen molar-refractivity contribution in [2.75, 3.05) is 13.1 Å². The maximum Gasteiger partial charge on any atom is 0.492 e. The van der Waals surface area contributed by atoms with Crippen LogP contribution >= 0.6 is 11.3 Å². The maximum absolute atomic E-state index is 12.9. The molecule has 6 rings (SSSR count). The molecule has 8 nitrogen and oxygen atoms in total. The minimum atomic E-state index is -5.08. The molecule has 1 aliphatic heterocycles. The summed E-state index contributed by atoms with van der Waals surface area (Å²) >= 11 is 1.51. The van der Waals surface area contributed by atoms with Crippen molar-refractivity contribution in [2.45, 2.75) is 37.8 Å². The summed E-state index contributed by atoms with van der Waals surface area (Å²) in [7, 11) is 0. The number of ether oxygens (including phenoxy) is 2. The first-order valence-corrected chi connectivity index (χ1v) is 14.4. The third-order valence-corrected chi connectivity index (χ3v) is 7.99. The first kappa shape index (κ1) is 28.8. The molecule has 222 valence electrons. The zero-order chi connectivity index (χ0) is 29.8. The van der Waals surface area contributed by atoms with Gasteiger partial charge in [-0.3, -0.25) is 0 Å². The lowest BCUT2D eigenvalue weighted by atomic mass is 9.87. The number of piperidine rings is 1. The molecule has 2 aromatic heterocycles. The molecule has 2 atom stereocenters. The molecule has 0 amide bonds. The fourth-order valence-corrected chi connectivity index (χ4v) is 5.65. The van der Waals surface area contributed by atoms with Gasteiger partial charge >= 0.3 is 12.1 Å². The van der Waals surface area contributed by atoms with Crippen molar-refractivity contribution in [3.8, 4) is 16.5 Å². The Kier molecular flexibility index (Phi) is 8.41. The summed E-state index contributed by atoms with van der Waals surface area (Å²) < 4.78 is 56.0. The van der Waals surface area contributed by atoms with E-state index < -0.39 is 18.2 Å². The van der Waals surface area contributed by atoms with Crippen LogP contribution in [0.4, 0.5) is 13.2 Å². The van der Waals surface area contributed by atoms with Crippen LogP contribution in [0.5, 0.6) is 5.75 Å². The van der Waals surface area contributed by atoms with Crippen molar-refractivity contribution in [3.05, 3.63) is 101 Å². The van der Waals surface area contributed by atoms with Crippen LogP contribution in [-0.2, 0) is 27.6 Å². The van der Waals surface area contributed by atoms with Gasteiger partial charge in [0.15, 0.2) is 6.61 Å². The average molecular weight is 610 g/mol. The molecule has 12 heteroatoms. The van der Waals surface area contributed by atoms with Gasteiger partial charge in [0.1, 0.15) is 5.75 Å². The standard InChI is InChI=1S/C31H26F3N3O5S/c32-31(33,34)30(38)42-37-14-13-25(26(17-37)40-18-20-7-8-21-4-1-2-5-23(21)16-20)22-9-11-24(12-10-22)39-19-28-35-29(36-41-28)27-6-3-15-43-27/h1-12,15-16,25-26H,13-14,17-19H2. The number of hydroxylamine groups is 2. The number of nitrogens with zero attached hydrogens (tertiary/aromatic N) is 3. The molecular weight excluding hydrogens is 583 g/mol. The lowest BCUT2D eigenvalue weighted by molar-refractivity contribution is -0.248. The van der Waals surface area contributed by atoms with Crippen LogP contribution in [0.1, 0.15) is 29.4 Å². The quantitative estimate of drug-likeness (QED) is 0.178. The largest absolute Gasteiger partial charge is 0.492 e. The Labute approximate surface area is 248 Å². The normalized spacial score (nSPS) is 17.7. The molecule has 0 radical (unpaired) electrons. The summed E-state index contributed by atoms with van der Waals surface area (Å²) in [5, 5.41) is 9.09. The van der Waals surface area contributed by atoms with Gasteiger partial charge in [0.2, 0.25) is 5.82 Å². The van der Waals surface area contributed by atoms with Crippen molar-refractivity contribution in [3.63, 3.8) is 0 Å². The van der Waals surface area contributed by atoms with Crippen LogP contribution in [0.3, 0.4) is 0 Å². The monoisotopic (exact) mass is 609 g/mol. The summed E-state index contributed by atoms with van der Waals surface area (Å²) in [6.07, 6.45) is -5.20. The predicted molar refractivity (Wildman–Crippen MR) is 152 cm³/mol. The fraction of sp³-hybridized carbons (Fsp3) is 0.258. The number of benzene rings is 3. The first-order valence-electron chi connectivity index (χ1n) is 13.5. The van der Waals surface area contributed by atoms with E-state index in [-0.39, 0.29) is 32.2 Å². The first-order chi connectivity index (χ1) is 20.8. The molecule has 5 aromatic rings. The molecule has 0 aliphatic carbocycles. The van der Waals surface area contributed by atoms with Crippen LogP contribution < -0.4 is 4.74 Å². The second-order valence-corrected chi connectivity index (χ2v) is 11.0. The molecular formula is C31H26F3N3O5S. The molecule has 3 aromatic carbocycles. The highest BCUT2D eigenvalue weighted by atomic mass is 32.1. The number of hydrogen-bond acceptors (Lipinski definition) is 9. The summed E-state index contributed by atoms with van der Waals surface area (Å²) in [4.78, 5) is 21.4. The van der Waals surface area contributed by atoms with Gasteiger partial charge in [-0.15, -0.1) is 16.4 Å². The third kappa shape index (κ3) is 7.04. The van der Waals surface area contributed by atoms with Gasteiger partial charge in [-0.1, -0.05) is 59.8 Å². The predicted octanol–water partition coefficient (Wildman–Crippen LogP) is 6.93. The number of halogens is 3. The maximum atomic E-state index is 12.9. The minimum Gasteiger partial charge on any atom is -0.484 e. The van der Waals surface area contributed by atoms with Gasteiger partial charge < -0.3 is 18.8 Å². The molecule has 0 bridgehead atoms. The van der Waals surface area contributed by atoms with Gasteiger partial charge in [-0.2, -0.15) is 18.2 Å². The highest BCUT2D eigenvalue weighted by Crippen LogP contribution is 2.33. The summed E-state index contributed by atoms with van der Waals surface area (Å²) in [6.45, 7) is 0.455. The molecule has 43 heavy (non-hydrogen) atoms. The van der Waals surface area contributed by atoms with Gasteiger partial charge in [-0.05, 0) is 58.0 Å². The van der Waals surface area contributed by atoms with Gasteiger partial charge in [0.25, 0.3) is 5.89 Å². The number of alkyl halides is 3. The second kappa shape index (κ2) is 12.5. The zero-order valence-electron chi connectivity index (χ0n) is 22.7. The summed E-state index contributed by atoms with van der Waals surface area (Å²) in [6, 6.07) is 25.1. The molecule has 3 heterocycles. The second-order valence-electron chi connectivity index (χ2n) is 10.0. The van der Waals surface area contributed by atoms with E-state index in [1.165, 1.54) is 11.3 Å². The van der Waals surface area contributed by atoms with Crippen molar-refractivity contribution < 1.29 is 36.8 Å². The SMILES string of the molecule is O=C(ON1CCC(c2ccc(OCc3nc(-c4cccs4)no3)cc2)C(OCc2ccc3ccccc3c2)C1)C(F)(F)F. The van der Waals surface area contributed by atoms with Crippen LogP contribution in [0.2, 0.25) is 0 Å².